The third kappa shape index (κ3) is 5.19. The Kier molecular flexibility index (Phi) is 6.47. The molecule has 1 aliphatic heterocycles. The summed E-state index contributed by atoms with van der Waals surface area (Å²) in [6, 6.07) is 14.1. The minimum absolute atomic E-state index is 0.0358. The minimum Gasteiger partial charge on any atom is -0.455 e. The van der Waals surface area contributed by atoms with Crippen LogP contribution in [0.3, 0.4) is 0 Å². The number of benzene rings is 1. The lowest BCUT2D eigenvalue weighted by atomic mass is 10.1. The van der Waals surface area contributed by atoms with E-state index in [1.54, 1.807) is 6.07 Å². The Morgan fingerprint density at radius 2 is 2.00 bits per heavy atom. The van der Waals surface area contributed by atoms with Gasteiger partial charge in [0.2, 0.25) is 0 Å². The second kappa shape index (κ2) is 9.01. The van der Waals surface area contributed by atoms with Crippen molar-refractivity contribution in [3.8, 4) is 0 Å². The summed E-state index contributed by atoms with van der Waals surface area (Å²) in [6.07, 6.45) is 3.17. The van der Waals surface area contributed by atoms with E-state index in [4.69, 9.17) is 9.15 Å². The maximum Gasteiger partial charge on any atom is 0.289 e. The van der Waals surface area contributed by atoms with Gasteiger partial charge in [-0.25, -0.2) is 0 Å². The SMILES string of the molecule is CN(C)Cc1ccc(C(=O)N2CCOC(CCCc3ccccc3)C2)o1. The molecule has 3 rings (SSSR count). The van der Waals surface area contributed by atoms with Gasteiger partial charge in [0.25, 0.3) is 5.91 Å². The molecule has 5 heteroatoms. The smallest absolute Gasteiger partial charge is 0.289 e. The zero-order valence-electron chi connectivity index (χ0n) is 15.7. The number of hydrogen-bond acceptors (Lipinski definition) is 4. The number of rotatable bonds is 7. The topological polar surface area (TPSA) is 45.9 Å². The van der Waals surface area contributed by atoms with Gasteiger partial charge in [-0.3, -0.25) is 4.79 Å². The van der Waals surface area contributed by atoms with E-state index in [1.165, 1.54) is 5.56 Å². The van der Waals surface area contributed by atoms with Crippen LogP contribution in [0, 0.1) is 0 Å². The van der Waals surface area contributed by atoms with Gasteiger partial charge >= 0.3 is 0 Å². The Bertz CT molecular complexity index is 696. The van der Waals surface area contributed by atoms with Crippen LogP contribution < -0.4 is 0 Å². The van der Waals surface area contributed by atoms with E-state index in [-0.39, 0.29) is 12.0 Å². The second-order valence-electron chi connectivity index (χ2n) is 7.13. The maximum absolute atomic E-state index is 12.7. The number of amides is 1. The lowest BCUT2D eigenvalue weighted by molar-refractivity contribution is -0.0264. The predicted molar refractivity (Wildman–Crippen MR) is 101 cm³/mol. The Labute approximate surface area is 155 Å². The van der Waals surface area contributed by atoms with Gasteiger partial charge in [-0.1, -0.05) is 30.3 Å². The van der Waals surface area contributed by atoms with Gasteiger partial charge in [0.15, 0.2) is 5.76 Å². The molecule has 1 amide bonds. The number of ether oxygens (including phenoxy) is 1. The molecule has 0 aliphatic carbocycles. The first kappa shape index (κ1) is 18.7. The quantitative estimate of drug-likeness (QED) is 0.764. The normalized spacial score (nSPS) is 17.7. The van der Waals surface area contributed by atoms with Crippen LogP contribution in [0.5, 0.6) is 0 Å². The molecule has 1 aromatic carbocycles. The van der Waals surface area contributed by atoms with Crippen LogP contribution in [-0.2, 0) is 17.7 Å². The molecule has 1 unspecified atom stereocenters. The number of hydrogen-bond donors (Lipinski definition) is 0. The molecule has 1 aliphatic rings. The fraction of sp³-hybridized carbons (Fsp3) is 0.476. The zero-order valence-corrected chi connectivity index (χ0v) is 15.7. The summed E-state index contributed by atoms with van der Waals surface area (Å²) in [4.78, 5) is 16.6. The molecule has 0 N–H and O–H groups in total. The lowest BCUT2D eigenvalue weighted by Gasteiger charge is -2.32. The van der Waals surface area contributed by atoms with Crippen LogP contribution in [0.15, 0.2) is 46.9 Å². The van der Waals surface area contributed by atoms with Gasteiger partial charge in [0.05, 0.1) is 19.3 Å². The van der Waals surface area contributed by atoms with Crippen molar-refractivity contribution in [1.82, 2.24) is 9.80 Å². The molecule has 2 aromatic rings. The summed E-state index contributed by atoms with van der Waals surface area (Å²) in [5.74, 6) is 1.20. The molecule has 0 bridgehead atoms. The van der Waals surface area contributed by atoms with Crippen LogP contribution in [0.1, 0.15) is 34.7 Å². The van der Waals surface area contributed by atoms with Crippen LogP contribution in [-0.4, -0.2) is 55.6 Å². The number of nitrogens with zero attached hydrogens (tertiary/aromatic N) is 2. The molecule has 5 nitrogen and oxygen atoms in total. The average Bonchev–Trinajstić information content (AvgIpc) is 3.10. The standard InChI is InChI=1S/C21H28N2O3/c1-22(2)15-19-11-12-20(26-19)21(24)23-13-14-25-18(16-23)10-6-9-17-7-4-3-5-8-17/h3-5,7-8,11-12,18H,6,9-10,13-16H2,1-2H3. The molecule has 2 heterocycles. The highest BCUT2D eigenvalue weighted by atomic mass is 16.5. The van der Waals surface area contributed by atoms with Crippen LogP contribution in [0.4, 0.5) is 0 Å². The van der Waals surface area contributed by atoms with E-state index in [1.807, 2.05) is 36.0 Å². The van der Waals surface area contributed by atoms with Gasteiger partial charge in [0.1, 0.15) is 5.76 Å². The van der Waals surface area contributed by atoms with E-state index >= 15 is 0 Å². The predicted octanol–water partition coefficient (Wildman–Crippen LogP) is 3.21. The first-order valence-electron chi connectivity index (χ1n) is 9.30. The summed E-state index contributed by atoms with van der Waals surface area (Å²) in [5.41, 5.74) is 1.35. The Morgan fingerprint density at radius 1 is 1.19 bits per heavy atom. The summed E-state index contributed by atoms with van der Waals surface area (Å²) < 4.78 is 11.6. The van der Waals surface area contributed by atoms with Crippen molar-refractivity contribution in [2.45, 2.75) is 31.9 Å². The Balaban J connectivity index is 1.49. The monoisotopic (exact) mass is 356 g/mol. The molecule has 0 spiro atoms. The van der Waals surface area contributed by atoms with E-state index in [2.05, 4.69) is 24.3 Å². The minimum atomic E-state index is -0.0358. The van der Waals surface area contributed by atoms with E-state index in [0.29, 0.717) is 32.0 Å². The lowest BCUT2D eigenvalue weighted by Crippen LogP contribution is -2.45. The van der Waals surface area contributed by atoms with Crippen LogP contribution >= 0.6 is 0 Å². The van der Waals surface area contributed by atoms with Crippen molar-refractivity contribution in [3.63, 3.8) is 0 Å². The van der Waals surface area contributed by atoms with Crippen molar-refractivity contribution >= 4 is 5.91 Å². The third-order valence-corrected chi connectivity index (χ3v) is 4.60. The zero-order chi connectivity index (χ0) is 18.4. The first-order valence-corrected chi connectivity index (χ1v) is 9.30. The first-order chi connectivity index (χ1) is 12.6. The molecule has 1 atom stereocenters. The maximum atomic E-state index is 12.7. The number of morpholine rings is 1. The molecule has 1 fully saturated rings. The highest BCUT2D eigenvalue weighted by Crippen LogP contribution is 2.17. The van der Waals surface area contributed by atoms with Crippen molar-refractivity contribution in [2.75, 3.05) is 33.8 Å². The van der Waals surface area contributed by atoms with Gasteiger partial charge < -0.3 is 19.0 Å². The largest absolute Gasteiger partial charge is 0.455 e. The van der Waals surface area contributed by atoms with Gasteiger partial charge in [-0.05, 0) is 51.1 Å². The van der Waals surface area contributed by atoms with E-state index < -0.39 is 0 Å². The van der Waals surface area contributed by atoms with Crippen molar-refractivity contribution in [2.24, 2.45) is 0 Å². The molecule has 0 saturated carbocycles. The van der Waals surface area contributed by atoms with Gasteiger partial charge in [0, 0.05) is 13.1 Å². The van der Waals surface area contributed by atoms with Crippen LogP contribution in [0.25, 0.3) is 0 Å². The third-order valence-electron chi connectivity index (χ3n) is 4.60. The second-order valence-corrected chi connectivity index (χ2v) is 7.13. The summed E-state index contributed by atoms with van der Waals surface area (Å²) in [6.45, 7) is 2.54. The van der Waals surface area contributed by atoms with E-state index in [9.17, 15) is 4.79 Å². The van der Waals surface area contributed by atoms with Gasteiger partial charge in [-0.15, -0.1) is 0 Å². The van der Waals surface area contributed by atoms with Crippen LogP contribution in [0.2, 0.25) is 0 Å². The number of aryl methyl sites for hydroxylation is 1. The molecule has 140 valence electrons. The Hall–Kier alpha value is -2.11. The summed E-state index contributed by atoms with van der Waals surface area (Å²) >= 11 is 0. The Morgan fingerprint density at radius 3 is 2.77 bits per heavy atom. The molecule has 26 heavy (non-hydrogen) atoms. The van der Waals surface area contributed by atoms with Crippen molar-refractivity contribution in [1.29, 1.82) is 0 Å². The van der Waals surface area contributed by atoms with Crippen molar-refractivity contribution < 1.29 is 13.9 Å². The highest BCUT2D eigenvalue weighted by Gasteiger charge is 2.26. The average molecular weight is 356 g/mol. The fourth-order valence-corrected chi connectivity index (χ4v) is 3.30. The highest BCUT2D eigenvalue weighted by molar-refractivity contribution is 5.91. The van der Waals surface area contributed by atoms with Crippen molar-refractivity contribution in [3.05, 3.63) is 59.5 Å². The molecular weight excluding hydrogens is 328 g/mol. The molecule has 1 aromatic heterocycles. The number of carbonyl (C=O) groups excluding carboxylic acids is 1. The molecule has 0 radical (unpaired) electrons. The molecular formula is C21H28N2O3. The molecule has 1 saturated heterocycles. The fourth-order valence-electron chi connectivity index (χ4n) is 3.30. The summed E-state index contributed by atoms with van der Waals surface area (Å²) in [7, 11) is 3.96. The number of furan rings is 1. The van der Waals surface area contributed by atoms with Gasteiger partial charge in [-0.2, -0.15) is 0 Å². The summed E-state index contributed by atoms with van der Waals surface area (Å²) in [5, 5.41) is 0. The number of carbonyl (C=O) groups is 1. The van der Waals surface area contributed by atoms with E-state index in [0.717, 1.165) is 25.0 Å².